The molecule has 0 unspecified atom stereocenters. The van der Waals surface area contributed by atoms with Crippen LogP contribution in [0.3, 0.4) is 0 Å². The smallest absolute Gasteiger partial charge is 0.258 e. The van der Waals surface area contributed by atoms with E-state index in [0.717, 1.165) is 17.0 Å². The van der Waals surface area contributed by atoms with Crippen LogP contribution < -0.4 is 9.64 Å². The summed E-state index contributed by atoms with van der Waals surface area (Å²) in [6.07, 6.45) is 0. The minimum absolute atomic E-state index is 0.108. The number of hydrogen-bond donors (Lipinski definition) is 0. The Hall–Kier alpha value is -1.71. The molecule has 0 aromatic heterocycles. The van der Waals surface area contributed by atoms with Gasteiger partial charge in [0.15, 0.2) is 0 Å². The van der Waals surface area contributed by atoms with Crippen molar-refractivity contribution in [2.45, 2.75) is 6.92 Å². The maximum Gasteiger partial charge on any atom is 0.258 e. The van der Waals surface area contributed by atoms with Gasteiger partial charge in [-0.2, -0.15) is 0 Å². The molecule has 0 spiro atoms. The van der Waals surface area contributed by atoms with Crippen LogP contribution in [0.4, 0.5) is 5.69 Å². The lowest BCUT2D eigenvalue weighted by Crippen LogP contribution is -2.38. The predicted molar refractivity (Wildman–Crippen MR) is 84.8 cm³/mol. The van der Waals surface area contributed by atoms with Crippen LogP contribution in [0.1, 0.15) is 15.9 Å². The second-order valence-corrected chi connectivity index (χ2v) is 5.72. The van der Waals surface area contributed by atoms with Crippen LogP contribution >= 0.6 is 23.2 Å². The first-order chi connectivity index (χ1) is 10.1. The molecule has 108 valence electrons. The maximum absolute atomic E-state index is 12.7. The molecule has 2 aromatic rings. The summed E-state index contributed by atoms with van der Waals surface area (Å²) in [6, 6.07) is 10.7. The number of hydrogen-bond acceptors (Lipinski definition) is 2. The van der Waals surface area contributed by atoms with E-state index in [0.29, 0.717) is 28.8 Å². The molecular weight excluding hydrogens is 309 g/mol. The zero-order chi connectivity index (χ0) is 15.0. The number of fused-ring (bicyclic) bond motifs is 1. The highest BCUT2D eigenvalue weighted by molar-refractivity contribution is 6.42. The second kappa shape index (κ2) is 5.58. The van der Waals surface area contributed by atoms with E-state index in [2.05, 4.69) is 0 Å². The average Bonchev–Trinajstić information content (AvgIpc) is 2.48. The van der Waals surface area contributed by atoms with Crippen LogP contribution in [-0.4, -0.2) is 19.1 Å². The molecule has 1 amide bonds. The lowest BCUT2D eigenvalue weighted by atomic mass is 10.1. The molecule has 5 heteroatoms. The first-order valence-electron chi connectivity index (χ1n) is 6.56. The van der Waals surface area contributed by atoms with Gasteiger partial charge in [0.1, 0.15) is 12.4 Å². The Labute approximate surface area is 133 Å². The summed E-state index contributed by atoms with van der Waals surface area (Å²) in [7, 11) is 0. The molecule has 1 heterocycles. The quantitative estimate of drug-likeness (QED) is 0.781. The number of nitrogens with zero attached hydrogens (tertiary/aromatic N) is 1. The summed E-state index contributed by atoms with van der Waals surface area (Å²) >= 11 is 11.9. The zero-order valence-corrected chi connectivity index (χ0v) is 12.9. The van der Waals surface area contributed by atoms with Gasteiger partial charge in [0.25, 0.3) is 5.91 Å². The van der Waals surface area contributed by atoms with Crippen LogP contribution in [0.2, 0.25) is 10.0 Å². The summed E-state index contributed by atoms with van der Waals surface area (Å²) in [5.74, 6) is 0.615. The summed E-state index contributed by atoms with van der Waals surface area (Å²) in [4.78, 5) is 14.4. The molecule has 0 fully saturated rings. The highest BCUT2D eigenvalue weighted by Gasteiger charge is 2.25. The number of carbonyl (C=O) groups excluding carboxylic acids is 1. The minimum Gasteiger partial charge on any atom is -0.490 e. The van der Waals surface area contributed by atoms with Crippen molar-refractivity contribution in [1.82, 2.24) is 0 Å². The number of rotatable bonds is 1. The number of ether oxygens (including phenoxy) is 1. The standard InChI is InChI=1S/C16H13Cl2NO2/c1-10-2-5-15-14(8-10)19(6-7-21-15)16(20)11-3-4-12(17)13(18)9-11/h2-5,8-9H,6-7H2,1H3. The molecule has 0 atom stereocenters. The highest BCUT2D eigenvalue weighted by atomic mass is 35.5. The monoisotopic (exact) mass is 321 g/mol. The maximum atomic E-state index is 12.7. The van der Waals surface area contributed by atoms with E-state index in [1.54, 1.807) is 23.1 Å². The van der Waals surface area contributed by atoms with Gasteiger partial charge in [-0.3, -0.25) is 4.79 Å². The van der Waals surface area contributed by atoms with E-state index in [4.69, 9.17) is 27.9 Å². The summed E-state index contributed by atoms with van der Waals surface area (Å²) in [6.45, 7) is 2.97. The lowest BCUT2D eigenvalue weighted by Gasteiger charge is -2.30. The van der Waals surface area contributed by atoms with Gasteiger partial charge in [-0.1, -0.05) is 29.3 Å². The second-order valence-electron chi connectivity index (χ2n) is 4.91. The lowest BCUT2D eigenvalue weighted by molar-refractivity contribution is 0.0976. The van der Waals surface area contributed by atoms with Crippen molar-refractivity contribution in [3.8, 4) is 5.75 Å². The van der Waals surface area contributed by atoms with Gasteiger partial charge in [-0.25, -0.2) is 0 Å². The number of carbonyl (C=O) groups is 1. The SMILES string of the molecule is Cc1ccc2c(c1)N(C(=O)c1ccc(Cl)c(Cl)c1)CCO2. The van der Waals surface area contributed by atoms with Crippen molar-refractivity contribution in [1.29, 1.82) is 0 Å². The molecule has 0 aliphatic carbocycles. The van der Waals surface area contributed by atoms with Gasteiger partial charge in [-0.05, 0) is 42.8 Å². The first-order valence-corrected chi connectivity index (χ1v) is 7.32. The topological polar surface area (TPSA) is 29.5 Å². The van der Waals surface area contributed by atoms with Crippen LogP contribution in [0, 0.1) is 6.92 Å². The zero-order valence-electron chi connectivity index (χ0n) is 11.4. The largest absolute Gasteiger partial charge is 0.490 e. The van der Waals surface area contributed by atoms with Gasteiger partial charge in [0.05, 0.1) is 22.3 Å². The number of aryl methyl sites for hydroxylation is 1. The third-order valence-corrected chi connectivity index (χ3v) is 4.13. The number of anilines is 1. The highest BCUT2D eigenvalue weighted by Crippen LogP contribution is 2.34. The van der Waals surface area contributed by atoms with Crippen molar-refractivity contribution in [3.05, 3.63) is 57.6 Å². The Morgan fingerprint density at radius 2 is 1.95 bits per heavy atom. The van der Waals surface area contributed by atoms with Gasteiger partial charge in [-0.15, -0.1) is 0 Å². The fourth-order valence-electron chi connectivity index (χ4n) is 2.32. The molecule has 0 saturated carbocycles. The van der Waals surface area contributed by atoms with E-state index >= 15 is 0 Å². The van der Waals surface area contributed by atoms with Crippen LogP contribution in [0.25, 0.3) is 0 Å². The van der Waals surface area contributed by atoms with E-state index in [-0.39, 0.29) is 5.91 Å². The number of amides is 1. The fourth-order valence-corrected chi connectivity index (χ4v) is 2.62. The third kappa shape index (κ3) is 2.71. The molecule has 0 N–H and O–H groups in total. The minimum atomic E-state index is -0.108. The van der Waals surface area contributed by atoms with E-state index in [9.17, 15) is 4.79 Å². The Balaban J connectivity index is 1.99. The van der Waals surface area contributed by atoms with Crippen molar-refractivity contribution < 1.29 is 9.53 Å². The molecule has 0 bridgehead atoms. The molecule has 21 heavy (non-hydrogen) atoms. The molecular formula is C16H13Cl2NO2. The van der Waals surface area contributed by atoms with Gasteiger partial charge in [0, 0.05) is 5.56 Å². The van der Waals surface area contributed by atoms with Crippen molar-refractivity contribution >= 4 is 34.8 Å². The van der Waals surface area contributed by atoms with Crippen LogP contribution in [-0.2, 0) is 0 Å². The Morgan fingerprint density at radius 3 is 2.71 bits per heavy atom. The number of halogens is 2. The summed E-state index contributed by atoms with van der Waals surface area (Å²) in [5.41, 5.74) is 2.38. The summed E-state index contributed by atoms with van der Waals surface area (Å²) in [5, 5.41) is 0.812. The van der Waals surface area contributed by atoms with Crippen LogP contribution in [0.5, 0.6) is 5.75 Å². The van der Waals surface area contributed by atoms with Crippen molar-refractivity contribution in [2.24, 2.45) is 0 Å². The fraction of sp³-hybridized carbons (Fsp3) is 0.188. The van der Waals surface area contributed by atoms with E-state index in [1.807, 2.05) is 25.1 Å². The van der Waals surface area contributed by atoms with E-state index < -0.39 is 0 Å². The van der Waals surface area contributed by atoms with Crippen molar-refractivity contribution in [3.63, 3.8) is 0 Å². The predicted octanol–water partition coefficient (Wildman–Crippen LogP) is 4.34. The molecule has 2 aromatic carbocycles. The molecule has 3 nitrogen and oxygen atoms in total. The normalized spacial score (nSPS) is 13.6. The Kier molecular flexibility index (Phi) is 3.79. The van der Waals surface area contributed by atoms with E-state index in [1.165, 1.54) is 0 Å². The van der Waals surface area contributed by atoms with Gasteiger partial charge < -0.3 is 9.64 Å². The third-order valence-electron chi connectivity index (χ3n) is 3.39. The average molecular weight is 322 g/mol. The van der Waals surface area contributed by atoms with Crippen molar-refractivity contribution in [2.75, 3.05) is 18.1 Å². The van der Waals surface area contributed by atoms with Gasteiger partial charge in [0.2, 0.25) is 0 Å². The molecule has 1 aliphatic rings. The Bertz CT molecular complexity index is 715. The van der Waals surface area contributed by atoms with Crippen LogP contribution in [0.15, 0.2) is 36.4 Å². The number of benzene rings is 2. The van der Waals surface area contributed by atoms with Gasteiger partial charge >= 0.3 is 0 Å². The first kappa shape index (κ1) is 14.2. The molecule has 0 radical (unpaired) electrons. The Morgan fingerprint density at radius 1 is 1.14 bits per heavy atom. The summed E-state index contributed by atoms with van der Waals surface area (Å²) < 4.78 is 5.60. The molecule has 3 rings (SSSR count). The molecule has 1 aliphatic heterocycles. The molecule has 0 saturated heterocycles.